The number of ether oxygens (including phenoxy) is 1. The van der Waals surface area contributed by atoms with E-state index in [4.69, 9.17) is 16.3 Å². The lowest BCUT2D eigenvalue weighted by Crippen LogP contribution is -2.14. The van der Waals surface area contributed by atoms with Gasteiger partial charge in [0.1, 0.15) is 5.75 Å². The summed E-state index contributed by atoms with van der Waals surface area (Å²) in [4.78, 5) is 35.2. The van der Waals surface area contributed by atoms with Crippen LogP contribution >= 0.6 is 11.6 Å². The Labute approximate surface area is 169 Å². The summed E-state index contributed by atoms with van der Waals surface area (Å²) in [5, 5.41) is 16.6. The van der Waals surface area contributed by atoms with Gasteiger partial charge in [0.05, 0.1) is 16.2 Å². The molecule has 0 saturated heterocycles. The number of carbonyl (C=O) groups excluding carboxylic acids is 2. The van der Waals surface area contributed by atoms with E-state index in [2.05, 4.69) is 10.6 Å². The van der Waals surface area contributed by atoms with Crippen molar-refractivity contribution in [2.75, 3.05) is 10.6 Å². The number of carbonyl (C=O) groups is 2. The number of nitro benzene ring substituents is 1. The second kappa shape index (κ2) is 7.25. The number of benzene rings is 3. The van der Waals surface area contributed by atoms with Crippen molar-refractivity contribution in [2.24, 2.45) is 0 Å². The molecule has 2 amide bonds. The number of halogens is 1. The summed E-state index contributed by atoms with van der Waals surface area (Å²) >= 11 is 5.97. The van der Waals surface area contributed by atoms with Crippen LogP contribution in [0.15, 0.2) is 60.7 Å². The highest BCUT2D eigenvalue weighted by Gasteiger charge is 2.22. The van der Waals surface area contributed by atoms with Gasteiger partial charge in [-0.15, -0.1) is 0 Å². The fourth-order valence-corrected chi connectivity index (χ4v) is 2.98. The molecule has 4 rings (SSSR count). The summed E-state index contributed by atoms with van der Waals surface area (Å²) in [6.45, 7) is 0. The average molecular weight is 410 g/mol. The molecule has 1 aliphatic rings. The molecule has 0 radical (unpaired) electrons. The van der Waals surface area contributed by atoms with Crippen LogP contribution in [0, 0.1) is 10.1 Å². The third-order valence-corrected chi connectivity index (χ3v) is 4.47. The lowest BCUT2D eigenvalue weighted by molar-refractivity contribution is -0.384. The van der Waals surface area contributed by atoms with Crippen LogP contribution in [0.2, 0.25) is 5.02 Å². The van der Waals surface area contributed by atoms with Crippen LogP contribution < -0.4 is 15.4 Å². The summed E-state index contributed by atoms with van der Waals surface area (Å²) < 4.78 is 5.79. The van der Waals surface area contributed by atoms with Gasteiger partial charge in [-0.2, -0.15) is 0 Å². The van der Waals surface area contributed by atoms with E-state index < -0.39 is 16.7 Å². The zero-order valence-electron chi connectivity index (χ0n) is 14.6. The number of nitro groups is 1. The third kappa shape index (κ3) is 3.74. The molecule has 9 heteroatoms. The average Bonchev–Trinajstić information content (AvgIpc) is 2.83. The van der Waals surface area contributed by atoms with Gasteiger partial charge in [0, 0.05) is 28.4 Å². The predicted molar refractivity (Wildman–Crippen MR) is 107 cm³/mol. The first-order valence-corrected chi connectivity index (χ1v) is 8.77. The Morgan fingerprint density at radius 2 is 1.76 bits per heavy atom. The number of fused-ring (bicyclic) bond motifs is 2. The third-order valence-electron chi connectivity index (χ3n) is 4.23. The molecule has 8 nitrogen and oxygen atoms in total. The number of hydrogen-bond donors (Lipinski definition) is 2. The number of nitrogens with one attached hydrogen (secondary N) is 2. The van der Waals surface area contributed by atoms with E-state index in [9.17, 15) is 19.7 Å². The number of rotatable bonds is 3. The first kappa shape index (κ1) is 18.5. The van der Waals surface area contributed by atoms with E-state index >= 15 is 0 Å². The monoisotopic (exact) mass is 409 g/mol. The maximum Gasteiger partial charge on any atom is 0.269 e. The second-order valence-electron chi connectivity index (χ2n) is 6.17. The quantitative estimate of drug-likeness (QED) is 0.474. The Hall–Kier alpha value is -3.91. The van der Waals surface area contributed by atoms with Crippen molar-refractivity contribution in [3.8, 4) is 11.5 Å². The minimum absolute atomic E-state index is 0.111. The molecule has 0 saturated carbocycles. The van der Waals surface area contributed by atoms with Crippen LogP contribution in [0.4, 0.5) is 17.1 Å². The standard InChI is InChI=1S/C20H12ClN3O5/c21-12-3-7-18-16(9-12)23-20(26)15-10-13(4-8-17(15)29-18)22-19(25)11-1-5-14(6-2-11)24(27)28/h1-10H,(H,22,25)(H,23,26). The highest BCUT2D eigenvalue weighted by Crippen LogP contribution is 2.38. The van der Waals surface area contributed by atoms with Crippen LogP contribution in [-0.2, 0) is 0 Å². The summed E-state index contributed by atoms with van der Waals surface area (Å²) in [6, 6.07) is 14.7. The summed E-state index contributed by atoms with van der Waals surface area (Å²) in [5.74, 6) is -0.0987. The van der Waals surface area contributed by atoms with Gasteiger partial charge in [-0.25, -0.2) is 0 Å². The van der Waals surface area contributed by atoms with E-state index in [0.29, 0.717) is 27.9 Å². The lowest BCUT2D eigenvalue weighted by atomic mass is 10.1. The van der Waals surface area contributed by atoms with Crippen molar-refractivity contribution in [1.29, 1.82) is 0 Å². The minimum atomic E-state index is -0.544. The molecule has 3 aromatic carbocycles. The highest BCUT2D eigenvalue weighted by molar-refractivity contribution is 6.31. The summed E-state index contributed by atoms with van der Waals surface area (Å²) in [6.07, 6.45) is 0. The number of amides is 2. The minimum Gasteiger partial charge on any atom is -0.454 e. The van der Waals surface area contributed by atoms with Crippen molar-refractivity contribution in [3.05, 3.63) is 86.9 Å². The van der Waals surface area contributed by atoms with Gasteiger partial charge in [0.25, 0.3) is 17.5 Å². The normalized spacial score (nSPS) is 12.0. The Balaban J connectivity index is 1.58. The largest absolute Gasteiger partial charge is 0.454 e. The molecule has 3 aromatic rings. The van der Waals surface area contributed by atoms with E-state index in [1.54, 1.807) is 30.3 Å². The van der Waals surface area contributed by atoms with Gasteiger partial charge in [-0.05, 0) is 48.5 Å². The number of anilines is 2. The number of non-ortho nitro benzene ring substituents is 1. The Bertz CT molecular complexity index is 1160. The highest BCUT2D eigenvalue weighted by atomic mass is 35.5. The van der Waals surface area contributed by atoms with Crippen molar-refractivity contribution < 1.29 is 19.2 Å². The maximum atomic E-state index is 12.6. The van der Waals surface area contributed by atoms with E-state index in [-0.39, 0.29) is 16.8 Å². The zero-order chi connectivity index (χ0) is 20.5. The molecule has 0 aromatic heterocycles. The Morgan fingerprint density at radius 1 is 1.03 bits per heavy atom. The molecule has 0 unspecified atom stereocenters. The van der Waals surface area contributed by atoms with Crippen molar-refractivity contribution in [2.45, 2.75) is 0 Å². The molecule has 144 valence electrons. The molecule has 1 aliphatic heterocycles. The van der Waals surface area contributed by atoms with Gasteiger partial charge in [-0.1, -0.05) is 11.6 Å². The van der Waals surface area contributed by atoms with E-state index in [1.807, 2.05) is 0 Å². The topological polar surface area (TPSA) is 111 Å². The number of nitrogens with zero attached hydrogens (tertiary/aromatic N) is 1. The maximum absolute atomic E-state index is 12.6. The SMILES string of the molecule is O=C(Nc1ccc2c(c1)C(=O)Nc1cc(Cl)ccc1O2)c1ccc([N+](=O)[O-])cc1. The molecule has 29 heavy (non-hydrogen) atoms. The van der Waals surface area contributed by atoms with Crippen molar-refractivity contribution >= 4 is 40.5 Å². The predicted octanol–water partition coefficient (Wildman–Crippen LogP) is 4.86. The Morgan fingerprint density at radius 3 is 2.48 bits per heavy atom. The van der Waals surface area contributed by atoms with E-state index in [0.717, 1.165) is 0 Å². The van der Waals surface area contributed by atoms with E-state index in [1.165, 1.54) is 30.3 Å². The molecular weight excluding hydrogens is 398 g/mol. The Kier molecular flexibility index (Phi) is 4.61. The molecule has 0 aliphatic carbocycles. The lowest BCUT2D eigenvalue weighted by Gasteiger charge is -2.10. The van der Waals surface area contributed by atoms with Gasteiger partial charge < -0.3 is 15.4 Å². The molecular formula is C20H12ClN3O5. The van der Waals surface area contributed by atoms with Crippen LogP contribution in [0.5, 0.6) is 11.5 Å². The smallest absolute Gasteiger partial charge is 0.269 e. The molecule has 0 bridgehead atoms. The van der Waals surface area contributed by atoms with Crippen LogP contribution in [0.1, 0.15) is 20.7 Å². The van der Waals surface area contributed by atoms with Crippen LogP contribution in [0.25, 0.3) is 0 Å². The van der Waals surface area contributed by atoms with Gasteiger partial charge in [0.15, 0.2) is 5.75 Å². The fourth-order valence-electron chi connectivity index (χ4n) is 2.81. The fraction of sp³-hybridized carbons (Fsp3) is 0. The number of hydrogen-bond acceptors (Lipinski definition) is 5. The second-order valence-corrected chi connectivity index (χ2v) is 6.60. The van der Waals surface area contributed by atoms with Crippen LogP contribution in [-0.4, -0.2) is 16.7 Å². The van der Waals surface area contributed by atoms with Gasteiger partial charge in [-0.3, -0.25) is 19.7 Å². The van der Waals surface area contributed by atoms with Gasteiger partial charge >= 0.3 is 0 Å². The zero-order valence-corrected chi connectivity index (χ0v) is 15.4. The van der Waals surface area contributed by atoms with Gasteiger partial charge in [0.2, 0.25) is 0 Å². The molecule has 0 atom stereocenters. The summed E-state index contributed by atoms with van der Waals surface area (Å²) in [7, 11) is 0. The summed E-state index contributed by atoms with van der Waals surface area (Å²) in [5.41, 5.74) is 1.18. The van der Waals surface area contributed by atoms with Crippen molar-refractivity contribution in [1.82, 2.24) is 0 Å². The molecule has 0 spiro atoms. The first-order chi connectivity index (χ1) is 13.9. The molecule has 0 fully saturated rings. The molecule has 1 heterocycles. The van der Waals surface area contributed by atoms with Crippen LogP contribution in [0.3, 0.4) is 0 Å². The first-order valence-electron chi connectivity index (χ1n) is 8.39. The molecule has 2 N–H and O–H groups in total. The van der Waals surface area contributed by atoms with Crippen molar-refractivity contribution in [3.63, 3.8) is 0 Å².